The number of fused-ring (bicyclic) bond motifs is 1. The van der Waals surface area contributed by atoms with Crippen LogP contribution in [-0.4, -0.2) is 53.3 Å². The first-order chi connectivity index (χ1) is 17.9. The standard InChI is InChI=1S/C31H35N3O3/c1-23(2)20-34(31(36)25-9-5-4-6-10-25)22-30(35)33(21-24-13-15-27(37-3)16-14-24)18-17-26-19-32-29-12-8-7-11-28(26)29/h4-16,19,23,32H,17-18,20-22H2,1-3H3. The van der Waals surface area contributed by atoms with E-state index >= 15 is 0 Å². The molecule has 1 aromatic heterocycles. The molecule has 0 aliphatic rings. The molecule has 0 saturated heterocycles. The van der Waals surface area contributed by atoms with Crippen molar-refractivity contribution in [1.29, 1.82) is 0 Å². The van der Waals surface area contributed by atoms with Crippen LogP contribution in [0.3, 0.4) is 0 Å². The van der Waals surface area contributed by atoms with Crippen molar-refractivity contribution in [3.05, 3.63) is 102 Å². The molecule has 6 nitrogen and oxygen atoms in total. The first-order valence-corrected chi connectivity index (χ1v) is 12.7. The number of nitrogens with one attached hydrogen (secondary N) is 1. The maximum atomic E-state index is 13.7. The first kappa shape index (κ1) is 26.0. The molecular formula is C31H35N3O3. The Labute approximate surface area is 218 Å². The zero-order valence-corrected chi connectivity index (χ0v) is 21.8. The van der Waals surface area contributed by atoms with Crippen LogP contribution in [0.4, 0.5) is 0 Å². The largest absolute Gasteiger partial charge is 0.497 e. The van der Waals surface area contributed by atoms with E-state index in [1.54, 1.807) is 24.1 Å². The molecule has 1 heterocycles. The van der Waals surface area contributed by atoms with E-state index < -0.39 is 0 Å². The van der Waals surface area contributed by atoms with Crippen molar-refractivity contribution < 1.29 is 14.3 Å². The normalized spacial score (nSPS) is 11.0. The second-order valence-electron chi connectivity index (χ2n) is 9.72. The van der Waals surface area contributed by atoms with Gasteiger partial charge in [-0.1, -0.05) is 62.4 Å². The Hall–Kier alpha value is -4.06. The fourth-order valence-electron chi connectivity index (χ4n) is 4.52. The van der Waals surface area contributed by atoms with E-state index in [0.29, 0.717) is 31.6 Å². The molecule has 0 saturated carbocycles. The Morgan fingerprint density at radius 1 is 0.892 bits per heavy atom. The van der Waals surface area contributed by atoms with Crippen molar-refractivity contribution >= 4 is 22.7 Å². The summed E-state index contributed by atoms with van der Waals surface area (Å²) in [4.78, 5) is 33.9. The van der Waals surface area contributed by atoms with Crippen LogP contribution in [-0.2, 0) is 17.8 Å². The monoisotopic (exact) mass is 497 g/mol. The van der Waals surface area contributed by atoms with Gasteiger partial charge in [0, 0.05) is 42.3 Å². The average molecular weight is 498 g/mol. The van der Waals surface area contributed by atoms with E-state index in [-0.39, 0.29) is 24.3 Å². The molecule has 0 unspecified atom stereocenters. The van der Waals surface area contributed by atoms with Crippen molar-refractivity contribution in [2.75, 3.05) is 26.7 Å². The zero-order valence-electron chi connectivity index (χ0n) is 21.8. The van der Waals surface area contributed by atoms with Crippen LogP contribution < -0.4 is 4.74 Å². The van der Waals surface area contributed by atoms with Gasteiger partial charge in [0.15, 0.2) is 0 Å². The summed E-state index contributed by atoms with van der Waals surface area (Å²) >= 11 is 0. The molecule has 37 heavy (non-hydrogen) atoms. The van der Waals surface area contributed by atoms with Crippen LogP contribution in [0, 0.1) is 5.92 Å². The third-order valence-electron chi connectivity index (χ3n) is 6.43. The number of aromatic nitrogens is 1. The Balaban J connectivity index is 1.55. The molecule has 4 rings (SSSR count). The van der Waals surface area contributed by atoms with Gasteiger partial charge in [-0.05, 0) is 53.8 Å². The second-order valence-corrected chi connectivity index (χ2v) is 9.72. The molecule has 0 spiro atoms. The molecule has 0 fully saturated rings. The lowest BCUT2D eigenvalue weighted by Crippen LogP contribution is -2.44. The van der Waals surface area contributed by atoms with Crippen LogP contribution in [0.2, 0.25) is 0 Å². The van der Waals surface area contributed by atoms with Gasteiger partial charge in [0.05, 0.1) is 7.11 Å². The van der Waals surface area contributed by atoms with Gasteiger partial charge in [0.25, 0.3) is 5.91 Å². The SMILES string of the molecule is COc1ccc(CN(CCc2c[nH]c3ccccc23)C(=O)CN(CC(C)C)C(=O)c2ccccc2)cc1. The van der Waals surface area contributed by atoms with E-state index in [9.17, 15) is 9.59 Å². The van der Waals surface area contributed by atoms with E-state index in [1.807, 2.05) is 65.7 Å². The van der Waals surface area contributed by atoms with Crippen LogP contribution >= 0.6 is 0 Å². The number of carbonyl (C=O) groups is 2. The number of carbonyl (C=O) groups excluding carboxylic acids is 2. The second kappa shape index (κ2) is 12.3. The lowest BCUT2D eigenvalue weighted by molar-refractivity contribution is -0.132. The smallest absolute Gasteiger partial charge is 0.254 e. The minimum Gasteiger partial charge on any atom is -0.497 e. The summed E-state index contributed by atoms with van der Waals surface area (Å²) in [5.74, 6) is 0.822. The third kappa shape index (κ3) is 6.79. The van der Waals surface area contributed by atoms with Crippen molar-refractivity contribution in [1.82, 2.24) is 14.8 Å². The highest BCUT2D eigenvalue weighted by atomic mass is 16.5. The van der Waals surface area contributed by atoms with Gasteiger partial charge in [-0.15, -0.1) is 0 Å². The Morgan fingerprint density at radius 3 is 2.30 bits per heavy atom. The highest BCUT2D eigenvalue weighted by molar-refractivity contribution is 5.96. The topological polar surface area (TPSA) is 65.6 Å². The molecule has 0 aliphatic heterocycles. The van der Waals surface area contributed by atoms with Gasteiger partial charge < -0.3 is 19.5 Å². The molecule has 2 amide bonds. The maximum absolute atomic E-state index is 13.7. The summed E-state index contributed by atoms with van der Waals surface area (Å²) in [5.41, 5.74) is 3.86. The van der Waals surface area contributed by atoms with E-state index in [4.69, 9.17) is 4.74 Å². The number of para-hydroxylation sites is 1. The quantitative estimate of drug-likeness (QED) is 0.296. The molecule has 0 atom stereocenters. The first-order valence-electron chi connectivity index (χ1n) is 12.7. The summed E-state index contributed by atoms with van der Waals surface area (Å²) in [6.45, 7) is 5.67. The summed E-state index contributed by atoms with van der Waals surface area (Å²) in [7, 11) is 1.64. The number of H-pyrrole nitrogens is 1. The Morgan fingerprint density at radius 2 is 1.59 bits per heavy atom. The molecule has 0 bridgehead atoms. The summed E-state index contributed by atoms with van der Waals surface area (Å²) in [5, 5.41) is 1.17. The predicted octanol–water partition coefficient (Wildman–Crippen LogP) is 5.55. The summed E-state index contributed by atoms with van der Waals surface area (Å²) in [6.07, 6.45) is 2.73. The number of methoxy groups -OCH3 is 1. The number of hydrogen-bond donors (Lipinski definition) is 1. The molecule has 6 heteroatoms. The Bertz CT molecular complexity index is 1310. The van der Waals surface area contributed by atoms with Gasteiger partial charge in [-0.25, -0.2) is 0 Å². The number of nitrogens with zero attached hydrogens (tertiary/aromatic N) is 2. The number of benzene rings is 3. The minimum absolute atomic E-state index is 0.0376. The van der Waals surface area contributed by atoms with Crippen molar-refractivity contribution in [3.8, 4) is 5.75 Å². The highest BCUT2D eigenvalue weighted by Crippen LogP contribution is 2.20. The Kier molecular flexibility index (Phi) is 8.62. The van der Waals surface area contributed by atoms with Crippen LogP contribution in [0.1, 0.15) is 35.3 Å². The number of aromatic amines is 1. The fraction of sp³-hybridized carbons (Fsp3) is 0.290. The van der Waals surface area contributed by atoms with Gasteiger partial charge in [0.2, 0.25) is 5.91 Å². The number of ether oxygens (including phenoxy) is 1. The van der Waals surface area contributed by atoms with Gasteiger partial charge in [-0.3, -0.25) is 9.59 Å². The number of hydrogen-bond acceptors (Lipinski definition) is 3. The number of rotatable bonds is 11. The zero-order chi connectivity index (χ0) is 26.2. The van der Waals surface area contributed by atoms with Crippen LogP contribution in [0.5, 0.6) is 5.75 Å². The van der Waals surface area contributed by atoms with E-state index in [2.05, 4.69) is 31.0 Å². The molecule has 4 aromatic rings. The van der Waals surface area contributed by atoms with E-state index in [1.165, 1.54) is 10.9 Å². The molecule has 0 aliphatic carbocycles. The predicted molar refractivity (Wildman–Crippen MR) is 148 cm³/mol. The molecule has 3 aromatic carbocycles. The lowest BCUT2D eigenvalue weighted by Gasteiger charge is -2.29. The average Bonchev–Trinajstić information content (AvgIpc) is 3.34. The van der Waals surface area contributed by atoms with Gasteiger partial charge in [-0.2, -0.15) is 0 Å². The molecule has 192 valence electrons. The van der Waals surface area contributed by atoms with Gasteiger partial charge >= 0.3 is 0 Å². The third-order valence-corrected chi connectivity index (χ3v) is 6.43. The van der Waals surface area contributed by atoms with Gasteiger partial charge in [0.1, 0.15) is 12.3 Å². The lowest BCUT2D eigenvalue weighted by atomic mass is 10.1. The maximum Gasteiger partial charge on any atom is 0.254 e. The summed E-state index contributed by atoms with van der Waals surface area (Å²) in [6, 6.07) is 25.1. The molecule has 1 N–H and O–H groups in total. The highest BCUT2D eigenvalue weighted by Gasteiger charge is 2.23. The van der Waals surface area contributed by atoms with Crippen LogP contribution in [0.15, 0.2) is 85.1 Å². The molecule has 0 radical (unpaired) electrons. The van der Waals surface area contributed by atoms with Crippen molar-refractivity contribution in [3.63, 3.8) is 0 Å². The number of amides is 2. The van der Waals surface area contributed by atoms with E-state index in [0.717, 1.165) is 16.8 Å². The molecular weight excluding hydrogens is 462 g/mol. The summed E-state index contributed by atoms with van der Waals surface area (Å²) < 4.78 is 5.29. The minimum atomic E-state index is -0.122. The van der Waals surface area contributed by atoms with Crippen molar-refractivity contribution in [2.45, 2.75) is 26.8 Å². The van der Waals surface area contributed by atoms with Crippen LogP contribution in [0.25, 0.3) is 10.9 Å². The fourth-order valence-corrected chi connectivity index (χ4v) is 4.52. The van der Waals surface area contributed by atoms with Crippen molar-refractivity contribution in [2.24, 2.45) is 5.92 Å².